The van der Waals surface area contributed by atoms with Crippen LogP contribution >= 0.6 is 24.0 Å². The standard InChI is InChI=1S/C25H33FN4O2.HI/c1-4-27-24(29-21-16-25(2,3)32-23-8-6-5-7-19(21)23)28-17-18-9-10-22(20(26)15-18)30-11-13-31-14-12-30;/h5-10,15,21H,4,11-14,16-17H2,1-3H3,(H2,27,28,29);1H. The van der Waals surface area contributed by atoms with E-state index in [1.807, 2.05) is 42.2 Å². The number of hydrogen-bond donors (Lipinski definition) is 2. The second-order valence-electron chi connectivity index (χ2n) is 8.88. The zero-order valence-electron chi connectivity index (χ0n) is 19.6. The first-order valence-corrected chi connectivity index (χ1v) is 11.4. The molecular formula is C25H34FIN4O2. The van der Waals surface area contributed by atoms with E-state index in [0.29, 0.717) is 44.5 Å². The molecule has 2 aliphatic heterocycles. The summed E-state index contributed by atoms with van der Waals surface area (Å²) in [6.45, 7) is 10.1. The summed E-state index contributed by atoms with van der Waals surface area (Å²) in [7, 11) is 0. The maximum absolute atomic E-state index is 14.8. The summed E-state index contributed by atoms with van der Waals surface area (Å²) in [5.74, 6) is 1.40. The number of nitrogens with one attached hydrogen (secondary N) is 2. The van der Waals surface area contributed by atoms with Crippen molar-refractivity contribution in [1.82, 2.24) is 10.6 Å². The lowest BCUT2D eigenvalue weighted by Gasteiger charge is -2.38. The van der Waals surface area contributed by atoms with Gasteiger partial charge in [0.25, 0.3) is 0 Å². The van der Waals surface area contributed by atoms with Gasteiger partial charge in [-0.05, 0) is 44.5 Å². The fourth-order valence-corrected chi connectivity index (χ4v) is 4.30. The average molecular weight is 568 g/mol. The normalized spacial score (nSPS) is 19.7. The van der Waals surface area contributed by atoms with Gasteiger partial charge in [0.15, 0.2) is 5.96 Å². The van der Waals surface area contributed by atoms with Gasteiger partial charge in [0.2, 0.25) is 0 Å². The summed E-state index contributed by atoms with van der Waals surface area (Å²) in [6.07, 6.45) is 0.817. The quantitative estimate of drug-likeness (QED) is 0.313. The molecule has 8 heteroatoms. The van der Waals surface area contributed by atoms with Crippen LogP contribution in [0.5, 0.6) is 5.75 Å². The van der Waals surface area contributed by atoms with Gasteiger partial charge in [-0.3, -0.25) is 0 Å². The molecule has 0 radical (unpaired) electrons. The molecule has 4 rings (SSSR count). The Bertz CT molecular complexity index is 963. The number of guanidine groups is 1. The van der Waals surface area contributed by atoms with Crippen LogP contribution in [-0.4, -0.2) is 44.4 Å². The summed E-state index contributed by atoms with van der Waals surface area (Å²) in [4.78, 5) is 6.76. The van der Waals surface area contributed by atoms with Crippen molar-refractivity contribution in [2.24, 2.45) is 4.99 Å². The molecule has 0 aliphatic carbocycles. The molecule has 1 saturated heterocycles. The van der Waals surface area contributed by atoms with Crippen LogP contribution in [0.4, 0.5) is 10.1 Å². The number of rotatable bonds is 5. The first-order valence-electron chi connectivity index (χ1n) is 11.4. The van der Waals surface area contributed by atoms with Gasteiger partial charge in [-0.1, -0.05) is 24.3 Å². The number of nitrogens with zero attached hydrogens (tertiary/aromatic N) is 2. The number of aliphatic imine (C=N–C) groups is 1. The van der Waals surface area contributed by atoms with E-state index in [0.717, 1.165) is 29.8 Å². The van der Waals surface area contributed by atoms with Crippen molar-refractivity contribution in [3.63, 3.8) is 0 Å². The van der Waals surface area contributed by atoms with E-state index in [1.54, 1.807) is 6.07 Å². The zero-order valence-corrected chi connectivity index (χ0v) is 21.9. The Balaban J connectivity index is 0.00000306. The molecular weight excluding hydrogens is 534 g/mol. The number of benzene rings is 2. The fraction of sp³-hybridized carbons (Fsp3) is 0.480. The van der Waals surface area contributed by atoms with Crippen molar-refractivity contribution < 1.29 is 13.9 Å². The molecule has 1 unspecified atom stereocenters. The summed E-state index contributed by atoms with van der Waals surface area (Å²) in [5, 5.41) is 6.88. The third-order valence-corrected chi connectivity index (χ3v) is 5.82. The van der Waals surface area contributed by atoms with Crippen LogP contribution < -0.4 is 20.3 Å². The highest BCUT2D eigenvalue weighted by atomic mass is 127. The van der Waals surface area contributed by atoms with Gasteiger partial charge < -0.3 is 25.0 Å². The van der Waals surface area contributed by atoms with Crippen molar-refractivity contribution in [2.45, 2.75) is 45.4 Å². The van der Waals surface area contributed by atoms with Crippen LogP contribution in [-0.2, 0) is 11.3 Å². The number of morpholine rings is 1. The van der Waals surface area contributed by atoms with E-state index < -0.39 is 0 Å². The minimum absolute atomic E-state index is 0. The Morgan fingerprint density at radius 1 is 1.18 bits per heavy atom. The third-order valence-electron chi connectivity index (χ3n) is 5.82. The van der Waals surface area contributed by atoms with Crippen molar-refractivity contribution >= 4 is 35.6 Å². The molecule has 6 nitrogen and oxygen atoms in total. The highest BCUT2D eigenvalue weighted by Gasteiger charge is 2.34. The van der Waals surface area contributed by atoms with E-state index in [1.165, 1.54) is 0 Å². The van der Waals surface area contributed by atoms with Gasteiger partial charge in [-0.2, -0.15) is 0 Å². The highest BCUT2D eigenvalue weighted by molar-refractivity contribution is 14.0. The van der Waals surface area contributed by atoms with Gasteiger partial charge in [-0.25, -0.2) is 9.38 Å². The predicted molar refractivity (Wildman–Crippen MR) is 141 cm³/mol. The van der Waals surface area contributed by atoms with Gasteiger partial charge in [-0.15, -0.1) is 24.0 Å². The molecule has 2 aromatic carbocycles. The predicted octanol–water partition coefficient (Wildman–Crippen LogP) is 4.64. The minimum atomic E-state index is -0.276. The minimum Gasteiger partial charge on any atom is -0.487 e. The van der Waals surface area contributed by atoms with Crippen LogP contribution in [0.25, 0.3) is 0 Å². The van der Waals surface area contributed by atoms with Crippen molar-refractivity contribution in [1.29, 1.82) is 0 Å². The second kappa shape index (κ2) is 11.4. The van der Waals surface area contributed by atoms with Crippen molar-refractivity contribution in [3.8, 4) is 5.75 Å². The Kier molecular flexibility index (Phi) is 8.81. The Morgan fingerprint density at radius 3 is 2.67 bits per heavy atom. The summed E-state index contributed by atoms with van der Waals surface area (Å²) in [6, 6.07) is 13.6. The van der Waals surface area contributed by atoms with Gasteiger partial charge in [0, 0.05) is 31.6 Å². The average Bonchev–Trinajstić information content (AvgIpc) is 2.77. The molecule has 2 heterocycles. The SMILES string of the molecule is CCNC(=NCc1ccc(N2CCOCC2)c(F)c1)NC1CC(C)(C)Oc2ccccc21.I. The highest BCUT2D eigenvalue weighted by Crippen LogP contribution is 2.39. The number of anilines is 1. The van der Waals surface area contributed by atoms with E-state index in [2.05, 4.69) is 30.5 Å². The third kappa shape index (κ3) is 6.50. The van der Waals surface area contributed by atoms with Crippen molar-refractivity contribution in [2.75, 3.05) is 37.7 Å². The maximum Gasteiger partial charge on any atom is 0.192 e. The van der Waals surface area contributed by atoms with Crippen molar-refractivity contribution in [3.05, 3.63) is 59.4 Å². The molecule has 0 bridgehead atoms. The number of hydrogen-bond acceptors (Lipinski definition) is 4. The lowest BCUT2D eigenvalue weighted by molar-refractivity contribution is 0.0694. The molecule has 1 atom stereocenters. The Hall–Kier alpha value is -2.07. The van der Waals surface area contributed by atoms with Crippen LogP contribution in [0.2, 0.25) is 0 Å². The second-order valence-corrected chi connectivity index (χ2v) is 8.88. The molecule has 1 fully saturated rings. The Labute approximate surface area is 213 Å². The fourth-order valence-electron chi connectivity index (χ4n) is 4.30. The molecule has 2 N–H and O–H groups in total. The van der Waals surface area contributed by atoms with Crippen LogP contribution in [0.1, 0.15) is 44.4 Å². The monoisotopic (exact) mass is 568 g/mol. The van der Waals surface area contributed by atoms with Crippen LogP contribution in [0.15, 0.2) is 47.5 Å². The summed E-state index contributed by atoms with van der Waals surface area (Å²) < 4.78 is 26.3. The van der Waals surface area contributed by atoms with E-state index in [9.17, 15) is 4.39 Å². The topological polar surface area (TPSA) is 58.1 Å². The van der Waals surface area contributed by atoms with Gasteiger partial charge in [0.1, 0.15) is 17.2 Å². The first-order chi connectivity index (χ1) is 15.4. The number of ether oxygens (including phenoxy) is 2. The number of para-hydroxylation sites is 1. The van der Waals surface area contributed by atoms with E-state index in [-0.39, 0.29) is 41.4 Å². The molecule has 0 aromatic heterocycles. The van der Waals surface area contributed by atoms with Gasteiger partial charge in [0.05, 0.1) is 31.5 Å². The van der Waals surface area contributed by atoms with E-state index in [4.69, 9.17) is 14.5 Å². The zero-order chi connectivity index (χ0) is 22.6. The maximum atomic E-state index is 14.8. The largest absolute Gasteiger partial charge is 0.487 e. The lowest BCUT2D eigenvalue weighted by Crippen LogP contribution is -2.45. The summed E-state index contributed by atoms with van der Waals surface area (Å²) >= 11 is 0. The Morgan fingerprint density at radius 2 is 1.94 bits per heavy atom. The lowest BCUT2D eigenvalue weighted by atomic mass is 9.90. The van der Waals surface area contributed by atoms with E-state index >= 15 is 0 Å². The smallest absolute Gasteiger partial charge is 0.192 e. The van der Waals surface area contributed by atoms with Crippen LogP contribution in [0, 0.1) is 5.82 Å². The molecule has 0 amide bonds. The van der Waals surface area contributed by atoms with Crippen LogP contribution in [0.3, 0.4) is 0 Å². The molecule has 0 saturated carbocycles. The summed E-state index contributed by atoms with van der Waals surface area (Å²) in [5.41, 5.74) is 2.32. The van der Waals surface area contributed by atoms with Gasteiger partial charge >= 0.3 is 0 Å². The number of fused-ring (bicyclic) bond motifs is 1. The molecule has 2 aromatic rings. The number of halogens is 2. The molecule has 180 valence electrons. The first kappa shape index (κ1) is 25.6. The molecule has 0 spiro atoms. The molecule has 2 aliphatic rings. The molecule has 33 heavy (non-hydrogen) atoms.